The quantitative estimate of drug-likeness (QED) is 0.782. The predicted molar refractivity (Wildman–Crippen MR) is 94.3 cm³/mol. The summed E-state index contributed by atoms with van der Waals surface area (Å²) in [6.45, 7) is 0. The maximum absolute atomic E-state index is 5.61. The lowest BCUT2D eigenvalue weighted by atomic mass is 9.83. The normalized spacial score (nSPS) is 18.0. The summed E-state index contributed by atoms with van der Waals surface area (Å²) in [7, 11) is 1.70. The van der Waals surface area contributed by atoms with Crippen molar-refractivity contribution in [2.45, 2.75) is 18.9 Å². The fourth-order valence-electron chi connectivity index (χ4n) is 3.89. The summed E-state index contributed by atoms with van der Waals surface area (Å²) < 4.78 is 7.47. The van der Waals surface area contributed by atoms with E-state index in [0.717, 1.165) is 29.9 Å². The van der Waals surface area contributed by atoms with Gasteiger partial charge in [-0.3, -0.25) is 0 Å². The van der Waals surface area contributed by atoms with Gasteiger partial charge in [-0.05, 0) is 40.5 Å². The minimum Gasteiger partial charge on any atom is -0.496 e. The minimum absolute atomic E-state index is 0.0641. The Hall–Kier alpha value is -3.15. The van der Waals surface area contributed by atoms with Gasteiger partial charge in [-0.15, -0.1) is 0 Å². The van der Waals surface area contributed by atoms with Gasteiger partial charge in [-0.2, -0.15) is 4.68 Å². The van der Waals surface area contributed by atoms with Gasteiger partial charge >= 0.3 is 0 Å². The van der Waals surface area contributed by atoms with E-state index in [-0.39, 0.29) is 6.04 Å². The third-order valence-electron chi connectivity index (χ3n) is 5.01. The summed E-state index contributed by atoms with van der Waals surface area (Å²) in [5.41, 5.74) is 6.08. The van der Waals surface area contributed by atoms with Crippen LogP contribution in [0.4, 0.5) is 5.95 Å². The summed E-state index contributed by atoms with van der Waals surface area (Å²) in [5.74, 6) is 1.51. The fourth-order valence-corrected chi connectivity index (χ4v) is 3.89. The van der Waals surface area contributed by atoms with Gasteiger partial charge in [-0.25, -0.2) is 0 Å². The Labute approximate surface area is 145 Å². The molecule has 0 amide bonds. The molecule has 3 aromatic rings. The van der Waals surface area contributed by atoms with Gasteiger partial charge in [0, 0.05) is 11.1 Å². The van der Waals surface area contributed by atoms with Crippen LogP contribution in [0.5, 0.6) is 5.75 Å². The van der Waals surface area contributed by atoms with Gasteiger partial charge in [0.2, 0.25) is 5.95 Å². The lowest BCUT2D eigenvalue weighted by Gasteiger charge is -2.34. The summed E-state index contributed by atoms with van der Waals surface area (Å²) in [4.78, 5) is 0. The van der Waals surface area contributed by atoms with Crippen molar-refractivity contribution < 1.29 is 4.74 Å². The van der Waals surface area contributed by atoms with E-state index in [1.165, 1.54) is 16.7 Å². The maximum Gasteiger partial charge on any atom is 0.248 e. The highest BCUT2D eigenvalue weighted by Gasteiger charge is 2.35. The van der Waals surface area contributed by atoms with E-state index >= 15 is 0 Å². The molecule has 2 heterocycles. The molecule has 1 aromatic heterocycles. The van der Waals surface area contributed by atoms with Gasteiger partial charge in [0.15, 0.2) is 0 Å². The summed E-state index contributed by atoms with van der Waals surface area (Å²) in [5, 5.41) is 15.7. The lowest BCUT2D eigenvalue weighted by Crippen LogP contribution is -2.28. The van der Waals surface area contributed by atoms with E-state index in [1.807, 2.05) is 22.9 Å². The number of fused-ring (bicyclic) bond motifs is 3. The van der Waals surface area contributed by atoms with Crippen molar-refractivity contribution >= 4 is 11.6 Å². The second-order valence-corrected chi connectivity index (χ2v) is 6.27. The highest BCUT2D eigenvalue weighted by Crippen LogP contribution is 2.45. The first kappa shape index (κ1) is 14.2. The van der Waals surface area contributed by atoms with Gasteiger partial charge < -0.3 is 10.1 Å². The van der Waals surface area contributed by atoms with E-state index in [2.05, 4.69) is 51.2 Å². The molecular weight excluding hydrogens is 314 g/mol. The monoisotopic (exact) mass is 331 g/mol. The first-order chi connectivity index (χ1) is 12.4. The van der Waals surface area contributed by atoms with Gasteiger partial charge in [0.25, 0.3) is 0 Å². The molecule has 124 valence electrons. The number of allylic oxidation sites excluding steroid dienone is 1. The fraction of sp³-hybridized carbons (Fsp3) is 0.211. The Bertz CT molecular complexity index is 991. The Morgan fingerprint density at radius 3 is 2.84 bits per heavy atom. The van der Waals surface area contributed by atoms with Crippen LogP contribution in [0, 0.1) is 0 Å². The summed E-state index contributed by atoms with van der Waals surface area (Å²) in [6, 6.07) is 16.5. The van der Waals surface area contributed by atoms with Gasteiger partial charge in [0.1, 0.15) is 11.8 Å². The number of methoxy groups -OCH3 is 1. The number of nitrogens with one attached hydrogen (secondary N) is 1. The Balaban J connectivity index is 1.76. The molecule has 0 fully saturated rings. The van der Waals surface area contributed by atoms with Crippen LogP contribution in [0.1, 0.15) is 29.2 Å². The molecule has 1 unspecified atom stereocenters. The largest absolute Gasteiger partial charge is 0.496 e. The number of ether oxygens (including phenoxy) is 1. The van der Waals surface area contributed by atoms with Crippen molar-refractivity contribution in [3.05, 3.63) is 70.8 Å². The Kier molecular flexibility index (Phi) is 3.09. The summed E-state index contributed by atoms with van der Waals surface area (Å²) in [6.07, 6.45) is 1.97. The van der Waals surface area contributed by atoms with Crippen LogP contribution in [-0.4, -0.2) is 27.3 Å². The number of para-hydroxylation sites is 1. The molecule has 0 saturated heterocycles. The smallest absolute Gasteiger partial charge is 0.248 e. The molecule has 25 heavy (non-hydrogen) atoms. The van der Waals surface area contributed by atoms with Crippen LogP contribution in [0.15, 0.2) is 54.1 Å². The number of rotatable bonds is 2. The molecule has 1 atom stereocenters. The highest BCUT2D eigenvalue weighted by atomic mass is 16.5. The Morgan fingerprint density at radius 1 is 1.08 bits per heavy atom. The molecule has 2 aliphatic rings. The molecule has 1 aliphatic carbocycles. The van der Waals surface area contributed by atoms with Crippen LogP contribution in [0.2, 0.25) is 0 Å². The standard InChI is InChI=1S/C19H17N5O/c1-25-16-9-5-4-8-14(16)18-15-11-10-12-6-2-3-7-13(12)17(15)20-19-21-22-23-24(18)19/h2-9,18H,10-11H2,1H3,(H,20,21,23). The van der Waals surface area contributed by atoms with Crippen molar-refractivity contribution in [1.82, 2.24) is 20.2 Å². The zero-order valence-electron chi connectivity index (χ0n) is 13.8. The highest BCUT2D eigenvalue weighted by molar-refractivity contribution is 5.83. The number of hydrogen-bond donors (Lipinski definition) is 1. The first-order valence-electron chi connectivity index (χ1n) is 8.36. The second kappa shape index (κ2) is 5.44. The number of benzene rings is 2. The van der Waals surface area contributed by atoms with E-state index < -0.39 is 0 Å². The molecule has 0 radical (unpaired) electrons. The van der Waals surface area contributed by atoms with Crippen molar-refractivity contribution in [2.75, 3.05) is 12.4 Å². The molecule has 0 saturated carbocycles. The van der Waals surface area contributed by atoms with Crippen LogP contribution < -0.4 is 10.1 Å². The number of anilines is 1. The first-order valence-corrected chi connectivity index (χ1v) is 8.36. The van der Waals surface area contributed by atoms with Crippen molar-refractivity contribution in [2.24, 2.45) is 0 Å². The molecule has 0 spiro atoms. The number of aromatic nitrogens is 4. The molecule has 1 N–H and O–H groups in total. The van der Waals surface area contributed by atoms with Gasteiger partial charge in [-0.1, -0.05) is 47.6 Å². The predicted octanol–water partition coefficient (Wildman–Crippen LogP) is 3.05. The van der Waals surface area contributed by atoms with Crippen molar-refractivity contribution in [3.8, 4) is 5.75 Å². The SMILES string of the molecule is COc1ccccc1C1C2=C(Nc3nnnn31)c1ccccc1CC2. The van der Waals surface area contributed by atoms with Crippen molar-refractivity contribution in [3.63, 3.8) is 0 Å². The zero-order chi connectivity index (χ0) is 16.8. The van der Waals surface area contributed by atoms with E-state index in [0.29, 0.717) is 5.95 Å². The van der Waals surface area contributed by atoms with E-state index in [9.17, 15) is 0 Å². The number of nitrogens with zero attached hydrogens (tertiary/aromatic N) is 4. The van der Waals surface area contributed by atoms with Crippen LogP contribution in [0.25, 0.3) is 5.70 Å². The number of tetrazole rings is 1. The van der Waals surface area contributed by atoms with Crippen LogP contribution >= 0.6 is 0 Å². The molecule has 5 rings (SSSR count). The molecule has 6 heteroatoms. The molecular formula is C19H17N5O. The number of aryl methyl sites for hydroxylation is 1. The second-order valence-electron chi connectivity index (χ2n) is 6.27. The zero-order valence-corrected chi connectivity index (χ0v) is 13.8. The molecule has 0 bridgehead atoms. The third-order valence-corrected chi connectivity index (χ3v) is 5.01. The third kappa shape index (κ3) is 2.07. The number of hydrogen-bond acceptors (Lipinski definition) is 5. The average molecular weight is 331 g/mol. The molecule has 6 nitrogen and oxygen atoms in total. The average Bonchev–Trinajstić information content (AvgIpc) is 3.14. The molecule has 1 aliphatic heterocycles. The Morgan fingerprint density at radius 2 is 1.92 bits per heavy atom. The topological polar surface area (TPSA) is 64.9 Å². The summed E-state index contributed by atoms with van der Waals surface area (Å²) >= 11 is 0. The van der Waals surface area contributed by atoms with E-state index in [1.54, 1.807) is 7.11 Å². The van der Waals surface area contributed by atoms with Crippen LogP contribution in [-0.2, 0) is 6.42 Å². The van der Waals surface area contributed by atoms with Gasteiger partial charge in [0.05, 0.1) is 12.8 Å². The van der Waals surface area contributed by atoms with Crippen molar-refractivity contribution in [1.29, 1.82) is 0 Å². The minimum atomic E-state index is -0.0641. The maximum atomic E-state index is 5.61. The lowest BCUT2D eigenvalue weighted by molar-refractivity contribution is 0.401. The van der Waals surface area contributed by atoms with E-state index in [4.69, 9.17) is 4.74 Å². The molecule has 2 aromatic carbocycles. The van der Waals surface area contributed by atoms with Crippen LogP contribution in [0.3, 0.4) is 0 Å².